The number of hydrogen-bond donors (Lipinski definition) is 1. The van der Waals surface area contributed by atoms with Crippen LogP contribution >= 0.6 is 22.7 Å². The number of carbonyl (C=O) groups excluding carboxylic acids is 1. The second kappa shape index (κ2) is 5.12. The van der Waals surface area contributed by atoms with Gasteiger partial charge in [0.05, 0.1) is 6.10 Å². The van der Waals surface area contributed by atoms with Crippen molar-refractivity contribution in [2.45, 2.75) is 26.9 Å². The van der Waals surface area contributed by atoms with Gasteiger partial charge in [0, 0.05) is 20.7 Å². The molecule has 2 aromatic rings. The van der Waals surface area contributed by atoms with Gasteiger partial charge in [-0.25, -0.2) is 4.79 Å². The Bertz CT molecular complexity index is 569. The number of anilines is 1. The summed E-state index contributed by atoms with van der Waals surface area (Å²) in [7, 11) is 0. The first-order chi connectivity index (χ1) is 8.49. The average Bonchev–Trinajstić information content (AvgIpc) is 2.83. The zero-order valence-corrected chi connectivity index (χ0v) is 12.2. The summed E-state index contributed by atoms with van der Waals surface area (Å²) in [5.74, 6) is -0.343. The highest BCUT2D eigenvalue weighted by atomic mass is 32.1. The van der Waals surface area contributed by atoms with E-state index in [1.54, 1.807) is 11.3 Å². The number of aryl methyl sites for hydroxylation is 1. The minimum atomic E-state index is -0.343. The molecule has 0 amide bonds. The molecule has 0 bridgehead atoms. The molecule has 2 heterocycles. The zero-order valence-electron chi connectivity index (χ0n) is 10.5. The van der Waals surface area contributed by atoms with Crippen LogP contribution in [-0.2, 0) is 4.74 Å². The van der Waals surface area contributed by atoms with Gasteiger partial charge >= 0.3 is 5.97 Å². The molecule has 0 radical (unpaired) electrons. The fraction of sp³-hybridized carbons (Fsp3) is 0.308. The molecule has 0 aliphatic heterocycles. The Labute approximate surface area is 114 Å². The van der Waals surface area contributed by atoms with E-state index < -0.39 is 0 Å². The van der Waals surface area contributed by atoms with Gasteiger partial charge in [0.2, 0.25) is 0 Å². The van der Waals surface area contributed by atoms with Gasteiger partial charge < -0.3 is 10.5 Å². The Kier molecular flexibility index (Phi) is 3.73. The summed E-state index contributed by atoms with van der Waals surface area (Å²) in [5.41, 5.74) is 7.26. The maximum absolute atomic E-state index is 12.0. The first-order valence-electron chi connectivity index (χ1n) is 5.63. The summed E-state index contributed by atoms with van der Waals surface area (Å²) < 4.78 is 5.24. The Morgan fingerprint density at radius 2 is 2.11 bits per heavy atom. The van der Waals surface area contributed by atoms with Gasteiger partial charge in [-0.3, -0.25) is 0 Å². The summed E-state index contributed by atoms with van der Waals surface area (Å²) in [5, 5.41) is 2.43. The number of thiophene rings is 2. The smallest absolute Gasteiger partial charge is 0.342 e. The predicted molar refractivity (Wildman–Crippen MR) is 77.3 cm³/mol. The zero-order chi connectivity index (χ0) is 13.3. The molecule has 0 saturated heterocycles. The standard InChI is InChI=1S/C13H15NO2S2/c1-7(2)16-13(15)11-9(6-17-12(11)14)10-5-4-8(3)18-10/h4-7H,14H2,1-3H3. The third-order valence-electron chi connectivity index (χ3n) is 2.37. The van der Waals surface area contributed by atoms with Crippen LogP contribution in [0, 0.1) is 6.92 Å². The van der Waals surface area contributed by atoms with Crippen molar-refractivity contribution < 1.29 is 9.53 Å². The molecule has 0 spiro atoms. The molecule has 0 saturated carbocycles. The third kappa shape index (κ3) is 2.57. The van der Waals surface area contributed by atoms with Gasteiger partial charge in [0.15, 0.2) is 0 Å². The van der Waals surface area contributed by atoms with Crippen LogP contribution in [0.15, 0.2) is 17.5 Å². The molecular weight excluding hydrogens is 266 g/mol. The molecule has 5 heteroatoms. The topological polar surface area (TPSA) is 52.3 Å². The molecule has 0 fully saturated rings. The van der Waals surface area contributed by atoms with Crippen LogP contribution in [0.2, 0.25) is 0 Å². The van der Waals surface area contributed by atoms with Crippen LogP contribution in [0.25, 0.3) is 10.4 Å². The molecule has 0 unspecified atom stereocenters. The van der Waals surface area contributed by atoms with Crippen molar-refractivity contribution in [3.05, 3.63) is 28.0 Å². The van der Waals surface area contributed by atoms with Crippen molar-refractivity contribution in [3.63, 3.8) is 0 Å². The minimum absolute atomic E-state index is 0.144. The van der Waals surface area contributed by atoms with Gasteiger partial charge in [-0.1, -0.05) is 0 Å². The Morgan fingerprint density at radius 1 is 1.39 bits per heavy atom. The Morgan fingerprint density at radius 3 is 2.67 bits per heavy atom. The van der Waals surface area contributed by atoms with E-state index >= 15 is 0 Å². The van der Waals surface area contributed by atoms with Crippen molar-refractivity contribution in [2.75, 3.05) is 5.73 Å². The molecule has 0 aromatic carbocycles. The first kappa shape index (κ1) is 13.1. The average molecular weight is 281 g/mol. The molecule has 3 nitrogen and oxygen atoms in total. The molecule has 96 valence electrons. The van der Waals surface area contributed by atoms with E-state index in [4.69, 9.17) is 10.5 Å². The van der Waals surface area contributed by atoms with Crippen molar-refractivity contribution in [2.24, 2.45) is 0 Å². The number of esters is 1. The number of ether oxygens (including phenoxy) is 1. The van der Waals surface area contributed by atoms with E-state index in [1.165, 1.54) is 16.2 Å². The number of nitrogen functional groups attached to an aromatic ring is 1. The molecule has 0 aliphatic rings. The molecule has 0 aliphatic carbocycles. The summed E-state index contributed by atoms with van der Waals surface area (Å²) in [6.45, 7) is 5.70. The molecule has 2 rings (SSSR count). The van der Waals surface area contributed by atoms with E-state index in [0.717, 1.165) is 10.4 Å². The second-order valence-corrected chi connectivity index (χ2v) is 6.45. The third-order valence-corrected chi connectivity index (χ3v) is 4.22. The van der Waals surface area contributed by atoms with Crippen molar-refractivity contribution in [1.82, 2.24) is 0 Å². The fourth-order valence-corrected chi connectivity index (χ4v) is 3.38. The molecule has 0 atom stereocenters. The first-order valence-corrected chi connectivity index (χ1v) is 7.33. The lowest BCUT2D eigenvalue weighted by Gasteiger charge is -2.08. The van der Waals surface area contributed by atoms with E-state index in [-0.39, 0.29) is 12.1 Å². The summed E-state index contributed by atoms with van der Waals surface area (Å²) in [6.07, 6.45) is -0.144. The Hall–Kier alpha value is -1.33. The minimum Gasteiger partial charge on any atom is -0.459 e. The summed E-state index contributed by atoms with van der Waals surface area (Å²) in [4.78, 5) is 14.3. The van der Waals surface area contributed by atoms with E-state index in [9.17, 15) is 4.79 Å². The Balaban J connectivity index is 2.41. The van der Waals surface area contributed by atoms with Gasteiger partial charge in [0.25, 0.3) is 0 Å². The highest BCUT2D eigenvalue weighted by Gasteiger charge is 2.21. The number of carbonyl (C=O) groups is 1. The van der Waals surface area contributed by atoms with E-state index in [0.29, 0.717) is 10.6 Å². The van der Waals surface area contributed by atoms with E-state index in [2.05, 4.69) is 0 Å². The number of rotatable bonds is 3. The monoisotopic (exact) mass is 281 g/mol. The number of nitrogens with two attached hydrogens (primary N) is 1. The van der Waals surface area contributed by atoms with Gasteiger partial charge in [-0.15, -0.1) is 22.7 Å². The SMILES string of the molecule is Cc1ccc(-c2csc(N)c2C(=O)OC(C)C)s1. The van der Waals surface area contributed by atoms with Crippen LogP contribution < -0.4 is 5.73 Å². The number of hydrogen-bond acceptors (Lipinski definition) is 5. The highest BCUT2D eigenvalue weighted by Crippen LogP contribution is 2.37. The fourth-order valence-electron chi connectivity index (χ4n) is 1.62. The maximum Gasteiger partial charge on any atom is 0.342 e. The lowest BCUT2D eigenvalue weighted by Crippen LogP contribution is -2.12. The van der Waals surface area contributed by atoms with Crippen LogP contribution in [-0.4, -0.2) is 12.1 Å². The molecule has 2 N–H and O–H groups in total. The largest absolute Gasteiger partial charge is 0.459 e. The lowest BCUT2D eigenvalue weighted by atomic mass is 10.1. The molecular formula is C13H15NO2S2. The van der Waals surface area contributed by atoms with E-state index in [1.807, 2.05) is 38.3 Å². The second-order valence-electron chi connectivity index (χ2n) is 4.25. The van der Waals surface area contributed by atoms with Crippen LogP contribution in [0.3, 0.4) is 0 Å². The quantitative estimate of drug-likeness (QED) is 0.867. The van der Waals surface area contributed by atoms with Crippen LogP contribution in [0.4, 0.5) is 5.00 Å². The normalized spacial score (nSPS) is 10.9. The maximum atomic E-state index is 12.0. The van der Waals surface area contributed by atoms with Crippen molar-refractivity contribution >= 4 is 33.6 Å². The summed E-state index contributed by atoms with van der Waals surface area (Å²) in [6, 6.07) is 4.04. The highest BCUT2D eigenvalue weighted by molar-refractivity contribution is 7.17. The van der Waals surface area contributed by atoms with Gasteiger partial charge in [-0.05, 0) is 32.9 Å². The van der Waals surface area contributed by atoms with Crippen LogP contribution in [0.5, 0.6) is 0 Å². The predicted octanol–water partition coefficient (Wildman–Crippen LogP) is 3.93. The van der Waals surface area contributed by atoms with Gasteiger partial charge in [-0.2, -0.15) is 0 Å². The van der Waals surface area contributed by atoms with Crippen molar-refractivity contribution in [1.29, 1.82) is 0 Å². The van der Waals surface area contributed by atoms with Crippen LogP contribution in [0.1, 0.15) is 29.1 Å². The molecule has 2 aromatic heterocycles. The lowest BCUT2D eigenvalue weighted by molar-refractivity contribution is 0.0380. The van der Waals surface area contributed by atoms with Gasteiger partial charge in [0.1, 0.15) is 10.6 Å². The summed E-state index contributed by atoms with van der Waals surface area (Å²) >= 11 is 3.02. The molecule has 18 heavy (non-hydrogen) atoms. The van der Waals surface area contributed by atoms with Crippen molar-refractivity contribution in [3.8, 4) is 10.4 Å².